The molecule has 3 heteroatoms. The van der Waals surface area contributed by atoms with Crippen molar-refractivity contribution in [3.05, 3.63) is 57.6 Å². The summed E-state index contributed by atoms with van der Waals surface area (Å²) in [7, 11) is 0. The van der Waals surface area contributed by atoms with Crippen molar-refractivity contribution in [1.29, 1.82) is 0 Å². The van der Waals surface area contributed by atoms with Crippen molar-refractivity contribution >= 4 is 31.9 Å². The van der Waals surface area contributed by atoms with E-state index in [1.807, 2.05) is 24.3 Å². The van der Waals surface area contributed by atoms with Gasteiger partial charge in [-0.25, -0.2) is 0 Å². The molecule has 0 spiro atoms. The van der Waals surface area contributed by atoms with Crippen LogP contribution in [-0.2, 0) is 5.33 Å². The van der Waals surface area contributed by atoms with E-state index in [2.05, 4.69) is 57.8 Å². The lowest BCUT2D eigenvalue weighted by Gasteiger charge is -2.11. The Morgan fingerprint density at radius 3 is 2.50 bits per heavy atom. The van der Waals surface area contributed by atoms with Gasteiger partial charge in [0.2, 0.25) is 0 Å². The van der Waals surface area contributed by atoms with E-state index < -0.39 is 0 Å². The standard InChI is InChI=1S/C15H14Br2O/c1-10-3-6-15(12(7-10)9-16)18-13-4-5-14(17)11(2)8-13/h3-8H,9H2,1-2H3. The quantitative estimate of drug-likeness (QED) is 0.625. The number of hydrogen-bond donors (Lipinski definition) is 0. The number of halogens is 2. The molecule has 0 aromatic heterocycles. The third-order valence-corrected chi connectivity index (χ3v) is 4.21. The zero-order valence-corrected chi connectivity index (χ0v) is 13.5. The Bertz CT molecular complexity index is 564. The minimum Gasteiger partial charge on any atom is -0.457 e. The third kappa shape index (κ3) is 3.15. The van der Waals surface area contributed by atoms with Crippen LogP contribution in [0.15, 0.2) is 40.9 Å². The molecule has 0 N–H and O–H groups in total. The van der Waals surface area contributed by atoms with Gasteiger partial charge in [0.15, 0.2) is 0 Å². The minimum absolute atomic E-state index is 0.791. The van der Waals surface area contributed by atoms with Crippen LogP contribution in [-0.4, -0.2) is 0 Å². The van der Waals surface area contributed by atoms with E-state index >= 15 is 0 Å². The van der Waals surface area contributed by atoms with E-state index in [9.17, 15) is 0 Å². The highest BCUT2D eigenvalue weighted by Gasteiger charge is 2.05. The molecule has 0 bridgehead atoms. The zero-order valence-electron chi connectivity index (χ0n) is 10.3. The molecule has 0 amide bonds. The number of hydrogen-bond acceptors (Lipinski definition) is 1. The fourth-order valence-corrected chi connectivity index (χ4v) is 2.40. The molecule has 2 aromatic rings. The van der Waals surface area contributed by atoms with Crippen LogP contribution >= 0.6 is 31.9 Å². The van der Waals surface area contributed by atoms with Gasteiger partial charge in [-0.2, -0.15) is 0 Å². The molecule has 0 unspecified atom stereocenters. The highest BCUT2D eigenvalue weighted by atomic mass is 79.9. The predicted octanol–water partition coefficient (Wildman–Crippen LogP) is 5.75. The first-order chi connectivity index (χ1) is 8.60. The molecular weight excluding hydrogens is 356 g/mol. The minimum atomic E-state index is 0.791. The Balaban J connectivity index is 2.30. The molecule has 0 heterocycles. The Kier molecular flexibility index (Phi) is 4.46. The molecule has 2 aromatic carbocycles. The smallest absolute Gasteiger partial charge is 0.131 e. The molecule has 0 saturated carbocycles. The van der Waals surface area contributed by atoms with Crippen molar-refractivity contribution < 1.29 is 4.74 Å². The topological polar surface area (TPSA) is 9.23 Å². The zero-order chi connectivity index (χ0) is 13.1. The van der Waals surface area contributed by atoms with Crippen molar-refractivity contribution in [1.82, 2.24) is 0 Å². The molecule has 0 atom stereocenters. The Morgan fingerprint density at radius 1 is 1.06 bits per heavy atom. The van der Waals surface area contributed by atoms with Crippen molar-refractivity contribution in [3.8, 4) is 11.5 Å². The molecule has 0 fully saturated rings. The highest BCUT2D eigenvalue weighted by molar-refractivity contribution is 9.10. The first-order valence-corrected chi connectivity index (χ1v) is 7.61. The molecule has 0 aliphatic carbocycles. The third-order valence-electron chi connectivity index (χ3n) is 2.72. The maximum atomic E-state index is 5.94. The average molecular weight is 370 g/mol. The van der Waals surface area contributed by atoms with Crippen molar-refractivity contribution in [2.45, 2.75) is 19.2 Å². The molecule has 0 aliphatic heterocycles. The van der Waals surface area contributed by atoms with Crippen LogP contribution in [0.25, 0.3) is 0 Å². The summed E-state index contributed by atoms with van der Waals surface area (Å²) < 4.78 is 7.04. The lowest BCUT2D eigenvalue weighted by Crippen LogP contribution is -1.91. The summed E-state index contributed by atoms with van der Waals surface area (Å²) in [5.41, 5.74) is 3.57. The molecular formula is C15H14Br2O. The molecule has 0 aliphatic rings. The number of alkyl halides is 1. The summed E-state index contributed by atoms with van der Waals surface area (Å²) in [6, 6.07) is 12.2. The van der Waals surface area contributed by atoms with Gasteiger partial charge >= 0.3 is 0 Å². The Hall–Kier alpha value is -0.800. The van der Waals surface area contributed by atoms with Crippen molar-refractivity contribution in [2.24, 2.45) is 0 Å². The van der Waals surface area contributed by atoms with E-state index in [0.29, 0.717) is 0 Å². The molecule has 2 rings (SSSR count). The summed E-state index contributed by atoms with van der Waals surface area (Å²) in [6.45, 7) is 4.14. The first-order valence-electron chi connectivity index (χ1n) is 5.69. The molecule has 1 nitrogen and oxygen atoms in total. The largest absolute Gasteiger partial charge is 0.457 e. The maximum Gasteiger partial charge on any atom is 0.131 e. The van der Waals surface area contributed by atoms with Crippen LogP contribution in [0.2, 0.25) is 0 Å². The fourth-order valence-electron chi connectivity index (χ4n) is 1.72. The van der Waals surface area contributed by atoms with E-state index in [0.717, 1.165) is 26.9 Å². The fraction of sp³-hybridized carbons (Fsp3) is 0.200. The second-order valence-corrected chi connectivity index (χ2v) is 5.67. The lowest BCUT2D eigenvalue weighted by atomic mass is 10.1. The maximum absolute atomic E-state index is 5.94. The summed E-state index contributed by atoms with van der Waals surface area (Å²) in [6.07, 6.45) is 0. The van der Waals surface area contributed by atoms with Crippen molar-refractivity contribution in [3.63, 3.8) is 0 Å². The second-order valence-electron chi connectivity index (χ2n) is 4.26. The lowest BCUT2D eigenvalue weighted by molar-refractivity contribution is 0.478. The van der Waals surface area contributed by atoms with E-state index in [1.165, 1.54) is 11.1 Å². The summed E-state index contributed by atoms with van der Waals surface area (Å²) in [4.78, 5) is 0. The van der Waals surface area contributed by atoms with Crippen LogP contribution in [0, 0.1) is 13.8 Å². The van der Waals surface area contributed by atoms with Crippen LogP contribution in [0.5, 0.6) is 11.5 Å². The Morgan fingerprint density at radius 2 is 1.83 bits per heavy atom. The molecule has 18 heavy (non-hydrogen) atoms. The van der Waals surface area contributed by atoms with Crippen LogP contribution in [0.3, 0.4) is 0 Å². The van der Waals surface area contributed by atoms with Crippen molar-refractivity contribution in [2.75, 3.05) is 0 Å². The molecule has 0 saturated heterocycles. The van der Waals surface area contributed by atoms with Crippen LogP contribution in [0.1, 0.15) is 16.7 Å². The van der Waals surface area contributed by atoms with Gasteiger partial charge in [-0.1, -0.05) is 49.6 Å². The van der Waals surface area contributed by atoms with Gasteiger partial charge in [-0.15, -0.1) is 0 Å². The second kappa shape index (κ2) is 5.89. The van der Waals surface area contributed by atoms with Gasteiger partial charge in [-0.05, 0) is 43.7 Å². The number of ether oxygens (including phenoxy) is 1. The van der Waals surface area contributed by atoms with E-state index in [-0.39, 0.29) is 0 Å². The van der Waals surface area contributed by atoms with E-state index in [1.54, 1.807) is 0 Å². The number of benzene rings is 2. The van der Waals surface area contributed by atoms with E-state index in [4.69, 9.17) is 4.74 Å². The number of rotatable bonds is 3. The molecule has 94 valence electrons. The van der Waals surface area contributed by atoms with Gasteiger partial charge in [0.05, 0.1) is 0 Å². The first kappa shape index (κ1) is 13.6. The van der Waals surface area contributed by atoms with Gasteiger partial charge in [0, 0.05) is 15.4 Å². The average Bonchev–Trinajstić information content (AvgIpc) is 2.36. The van der Waals surface area contributed by atoms with Crippen LogP contribution in [0.4, 0.5) is 0 Å². The summed E-state index contributed by atoms with van der Waals surface area (Å²) in [5, 5.41) is 0.791. The van der Waals surface area contributed by atoms with Gasteiger partial charge in [0.25, 0.3) is 0 Å². The van der Waals surface area contributed by atoms with Crippen LogP contribution < -0.4 is 4.74 Å². The normalized spacial score (nSPS) is 10.4. The predicted molar refractivity (Wildman–Crippen MR) is 82.8 cm³/mol. The van der Waals surface area contributed by atoms with Gasteiger partial charge in [-0.3, -0.25) is 0 Å². The number of aryl methyl sites for hydroxylation is 2. The Labute approximate surface area is 124 Å². The van der Waals surface area contributed by atoms with Gasteiger partial charge in [0.1, 0.15) is 11.5 Å². The summed E-state index contributed by atoms with van der Waals surface area (Å²) >= 11 is 6.98. The SMILES string of the molecule is Cc1ccc(Oc2ccc(Br)c(C)c2)c(CBr)c1. The molecule has 0 radical (unpaired) electrons. The highest BCUT2D eigenvalue weighted by Crippen LogP contribution is 2.30. The van der Waals surface area contributed by atoms with Gasteiger partial charge < -0.3 is 4.74 Å². The summed E-state index contributed by atoms with van der Waals surface area (Å²) in [5.74, 6) is 1.76. The monoisotopic (exact) mass is 368 g/mol.